The molecule has 0 aliphatic carbocycles. The number of pyridine rings is 1. The van der Waals surface area contributed by atoms with Crippen molar-refractivity contribution in [2.45, 2.75) is 32.4 Å². The molecule has 2 atom stereocenters. The predicted molar refractivity (Wildman–Crippen MR) is 142 cm³/mol. The number of methoxy groups -OCH3 is 1. The van der Waals surface area contributed by atoms with Crippen LogP contribution in [0.2, 0.25) is 0 Å². The van der Waals surface area contributed by atoms with Gasteiger partial charge in [-0.25, -0.2) is 4.79 Å². The fourth-order valence-electron chi connectivity index (χ4n) is 4.92. The van der Waals surface area contributed by atoms with E-state index in [1.54, 1.807) is 6.07 Å². The van der Waals surface area contributed by atoms with Crippen molar-refractivity contribution in [2.24, 2.45) is 0 Å². The molecule has 1 saturated heterocycles. The average Bonchev–Trinajstić information content (AvgIpc) is 3.33. The number of ether oxygens (including phenoxy) is 1. The van der Waals surface area contributed by atoms with Gasteiger partial charge in [0.2, 0.25) is 0 Å². The van der Waals surface area contributed by atoms with Crippen LogP contribution in [0.5, 0.6) is 0 Å². The minimum absolute atomic E-state index is 0.00306. The Morgan fingerprint density at radius 3 is 2.66 bits per heavy atom. The van der Waals surface area contributed by atoms with Gasteiger partial charge in [0.15, 0.2) is 5.11 Å². The van der Waals surface area contributed by atoms with E-state index >= 15 is 0 Å². The lowest BCUT2D eigenvalue weighted by Gasteiger charge is -2.28. The van der Waals surface area contributed by atoms with Crippen LogP contribution in [0.3, 0.4) is 0 Å². The van der Waals surface area contributed by atoms with Gasteiger partial charge in [0.05, 0.1) is 30.5 Å². The van der Waals surface area contributed by atoms with Crippen molar-refractivity contribution < 1.29 is 9.53 Å². The van der Waals surface area contributed by atoms with Gasteiger partial charge in [0.25, 0.3) is 0 Å². The summed E-state index contributed by atoms with van der Waals surface area (Å²) < 4.78 is 7.12. The Hall–Kier alpha value is -3.23. The highest BCUT2D eigenvalue weighted by atomic mass is 32.1. The molecule has 8 heteroatoms. The number of benzene rings is 1. The lowest BCUT2D eigenvalue weighted by atomic mass is 9.96. The molecule has 0 saturated carbocycles. The van der Waals surface area contributed by atoms with Crippen LogP contribution in [0.1, 0.15) is 51.5 Å². The van der Waals surface area contributed by atoms with E-state index < -0.39 is 0 Å². The fourth-order valence-corrected chi connectivity index (χ4v) is 5.25. The number of esters is 1. The van der Waals surface area contributed by atoms with Gasteiger partial charge in [0, 0.05) is 29.8 Å². The number of hydrogen-bond donors (Lipinski definition) is 1. The van der Waals surface area contributed by atoms with Crippen molar-refractivity contribution in [2.75, 3.05) is 34.3 Å². The second-order valence-corrected chi connectivity index (χ2v) is 9.57. The summed E-state index contributed by atoms with van der Waals surface area (Å²) in [4.78, 5) is 21.3. The number of aromatic nitrogens is 2. The molecule has 1 aliphatic heterocycles. The molecule has 4 rings (SSSR count). The SMILES string of the molecule is COC(=O)c1cccc(-n2c(C)cc([C@H]3[C@H](c4ccccn4)NC(=S)N3CCCN(C)C)c2C)c1. The van der Waals surface area contributed by atoms with E-state index in [9.17, 15) is 4.79 Å². The maximum Gasteiger partial charge on any atom is 0.337 e. The third-order valence-corrected chi connectivity index (χ3v) is 6.87. The zero-order valence-electron chi connectivity index (χ0n) is 21.0. The van der Waals surface area contributed by atoms with Crippen LogP contribution < -0.4 is 5.32 Å². The monoisotopic (exact) mass is 491 g/mol. The molecule has 7 nitrogen and oxygen atoms in total. The molecule has 0 spiro atoms. The summed E-state index contributed by atoms with van der Waals surface area (Å²) in [7, 11) is 5.58. The summed E-state index contributed by atoms with van der Waals surface area (Å²) in [5.74, 6) is -0.345. The van der Waals surface area contributed by atoms with Gasteiger partial charge in [0.1, 0.15) is 0 Å². The molecule has 1 N–H and O–H groups in total. The van der Waals surface area contributed by atoms with E-state index in [2.05, 4.69) is 64.7 Å². The van der Waals surface area contributed by atoms with Gasteiger partial charge >= 0.3 is 5.97 Å². The lowest BCUT2D eigenvalue weighted by molar-refractivity contribution is 0.0600. The summed E-state index contributed by atoms with van der Waals surface area (Å²) in [5.41, 5.74) is 5.81. The Morgan fingerprint density at radius 1 is 1.17 bits per heavy atom. The zero-order valence-corrected chi connectivity index (χ0v) is 21.8. The molecule has 0 amide bonds. The van der Waals surface area contributed by atoms with Gasteiger partial charge in [-0.3, -0.25) is 4.98 Å². The molecular weight excluding hydrogens is 458 g/mol. The van der Waals surface area contributed by atoms with Gasteiger partial charge in [-0.1, -0.05) is 12.1 Å². The number of carbonyl (C=O) groups excluding carboxylic acids is 1. The topological polar surface area (TPSA) is 62.6 Å². The molecule has 1 fully saturated rings. The molecule has 1 aromatic carbocycles. The normalized spacial score (nSPS) is 17.7. The fraction of sp³-hybridized carbons (Fsp3) is 0.370. The number of nitrogens with one attached hydrogen (secondary N) is 1. The largest absolute Gasteiger partial charge is 0.465 e. The lowest BCUT2D eigenvalue weighted by Crippen LogP contribution is -2.32. The number of hydrogen-bond acceptors (Lipinski definition) is 5. The molecular formula is C27H33N5O2S. The molecule has 0 radical (unpaired) electrons. The average molecular weight is 492 g/mol. The molecule has 0 unspecified atom stereocenters. The van der Waals surface area contributed by atoms with Gasteiger partial charge in [-0.05, 0) is 95.1 Å². The summed E-state index contributed by atoms with van der Waals surface area (Å²) in [6, 6.07) is 15.7. The second-order valence-electron chi connectivity index (χ2n) is 9.18. The van der Waals surface area contributed by atoms with Crippen LogP contribution >= 0.6 is 12.2 Å². The highest BCUT2D eigenvalue weighted by Gasteiger charge is 2.41. The first-order valence-electron chi connectivity index (χ1n) is 11.8. The molecule has 1 aliphatic rings. The number of aryl methyl sites for hydroxylation is 1. The number of thiocarbonyl (C=S) groups is 1. The Morgan fingerprint density at radius 2 is 1.97 bits per heavy atom. The Kier molecular flexibility index (Phi) is 7.52. The minimum atomic E-state index is -0.345. The van der Waals surface area contributed by atoms with E-state index in [1.165, 1.54) is 12.7 Å². The Bertz CT molecular complexity index is 1210. The quantitative estimate of drug-likeness (QED) is 0.374. The van der Waals surface area contributed by atoms with E-state index in [0.29, 0.717) is 5.56 Å². The number of nitrogens with zero attached hydrogens (tertiary/aromatic N) is 4. The first kappa shape index (κ1) is 24.9. The Labute approximate surface area is 212 Å². The molecule has 3 heterocycles. The van der Waals surface area contributed by atoms with Crippen LogP contribution in [0.15, 0.2) is 54.7 Å². The standard InChI is InChI=1S/C27H33N5O2S/c1-18-16-22(19(2)32(18)21-11-8-10-20(17-21)26(33)34-5)25-24(23-12-6-7-13-28-23)29-27(35)31(25)15-9-14-30(3)4/h6-8,10-13,16-17,24-25H,9,14-15H2,1-5H3,(H,29,35)/t24-,25-/m0/s1. The summed E-state index contributed by atoms with van der Waals surface area (Å²) >= 11 is 5.82. The van der Waals surface area contributed by atoms with Crippen LogP contribution in [-0.2, 0) is 4.74 Å². The highest BCUT2D eigenvalue weighted by molar-refractivity contribution is 7.80. The number of rotatable bonds is 8. The molecule has 0 bridgehead atoms. The van der Waals surface area contributed by atoms with Crippen LogP contribution in [0.4, 0.5) is 0 Å². The zero-order chi connectivity index (χ0) is 25.1. The molecule has 35 heavy (non-hydrogen) atoms. The van der Waals surface area contributed by atoms with Crippen molar-refractivity contribution in [3.8, 4) is 5.69 Å². The first-order valence-corrected chi connectivity index (χ1v) is 12.2. The maximum absolute atomic E-state index is 12.1. The Balaban J connectivity index is 1.77. The molecule has 2 aromatic heterocycles. The highest BCUT2D eigenvalue weighted by Crippen LogP contribution is 2.41. The summed E-state index contributed by atoms with van der Waals surface area (Å²) in [6.07, 6.45) is 2.83. The van der Waals surface area contributed by atoms with Crippen molar-refractivity contribution in [3.05, 3.63) is 82.9 Å². The van der Waals surface area contributed by atoms with E-state index in [0.717, 1.165) is 47.4 Å². The summed E-state index contributed by atoms with van der Waals surface area (Å²) in [5, 5.41) is 4.30. The maximum atomic E-state index is 12.1. The van der Waals surface area contributed by atoms with Gasteiger partial charge in [-0.2, -0.15) is 0 Å². The third-order valence-electron chi connectivity index (χ3n) is 6.52. The van der Waals surface area contributed by atoms with Crippen LogP contribution in [0.25, 0.3) is 5.69 Å². The minimum Gasteiger partial charge on any atom is -0.465 e. The number of carbonyl (C=O) groups is 1. The van der Waals surface area contributed by atoms with Crippen molar-refractivity contribution in [3.63, 3.8) is 0 Å². The van der Waals surface area contributed by atoms with Crippen molar-refractivity contribution >= 4 is 23.3 Å². The first-order chi connectivity index (χ1) is 16.8. The second kappa shape index (κ2) is 10.6. The molecule has 184 valence electrons. The van der Waals surface area contributed by atoms with Gasteiger partial charge in [-0.15, -0.1) is 0 Å². The van der Waals surface area contributed by atoms with Crippen LogP contribution in [0, 0.1) is 13.8 Å². The third kappa shape index (κ3) is 5.09. The van der Waals surface area contributed by atoms with E-state index in [-0.39, 0.29) is 18.1 Å². The predicted octanol–water partition coefficient (Wildman–Crippen LogP) is 4.20. The van der Waals surface area contributed by atoms with Gasteiger partial charge < -0.3 is 24.4 Å². The van der Waals surface area contributed by atoms with Crippen molar-refractivity contribution in [1.82, 2.24) is 24.7 Å². The van der Waals surface area contributed by atoms with Crippen LogP contribution in [-0.4, -0.2) is 64.7 Å². The van der Waals surface area contributed by atoms with Crippen molar-refractivity contribution in [1.29, 1.82) is 0 Å². The van der Waals surface area contributed by atoms with E-state index in [4.69, 9.17) is 17.0 Å². The molecule has 3 aromatic rings. The van der Waals surface area contributed by atoms with E-state index in [1.807, 2.05) is 36.5 Å². The summed E-state index contributed by atoms with van der Waals surface area (Å²) in [6.45, 7) is 6.05. The smallest absolute Gasteiger partial charge is 0.337 e.